The van der Waals surface area contributed by atoms with Crippen LogP contribution in [-0.4, -0.2) is 38.3 Å². The topological polar surface area (TPSA) is 50.4 Å². The van der Waals surface area contributed by atoms with Crippen LogP contribution in [0.4, 0.5) is 0 Å². The van der Waals surface area contributed by atoms with Crippen LogP contribution < -0.4 is 10.6 Å². The zero-order chi connectivity index (χ0) is 11.8. The Morgan fingerprint density at radius 2 is 2.31 bits per heavy atom. The number of ether oxygens (including phenoxy) is 1. The Bertz CT molecular complexity index is 280. The van der Waals surface area contributed by atoms with Gasteiger partial charge in [-0.1, -0.05) is 6.92 Å². The van der Waals surface area contributed by atoms with Crippen molar-refractivity contribution in [3.63, 3.8) is 0 Å². The van der Waals surface area contributed by atoms with Gasteiger partial charge in [0.1, 0.15) is 0 Å². The standard InChI is InChI=1S/C12H20N2O2/c1-3-5-6-7-14-12(15)10-8-16-9-11(10)13-4-2/h10-11,13H,4,6-9H2,1-2H3,(H,14,15). The quantitative estimate of drug-likeness (QED) is 0.516. The van der Waals surface area contributed by atoms with Crippen LogP contribution in [0.25, 0.3) is 0 Å². The van der Waals surface area contributed by atoms with E-state index in [2.05, 4.69) is 22.5 Å². The molecule has 0 aromatic heterocycles. The molecule has 0 aromatic carbocycles. The predicted molar refractivity (Wildman–Crippen MR) is 62.9 cm³/mol. The molecule has 0 aromatic rings. The molecule has 0 spiro atoms. The maximum Gasteiger partial charge on any atom is 0.227 e. The summed E-state index contributed by atoms with van der Waals surface area (Å²) in [7, 11) is 0. The van der Waals surface area contributed by atoms with Crippen LogP contribution >= 0.6 is 0 Å². The second-order valence-electron chi connectivity index (χ2n) is 3.78. The highest BCUT2D eigenvalue weighted by molar-refractivity contribution is 5.79. The summed E-state index contributed by atoms with van der Waals surface area (Å²) in [6.45, 7) is 6.45. The van der Waals surface area contributed by atoms with E-state index in [-0.39, 0.29) is 17.9 Å². The lowest BCUT2D eigenvalue weighted by Crippen LogP contribution is -2.44. The maximum atomic E-state index is 11.8. The van der Waals surface area contributed by atoms with Crippen molar-refractivity contribution in [2.75, 3.05) is 26.3 Å². The van der Waals surface area contributed by atoms with Gasteiger partial charge in [0.15, 0.2) is 0 Å². The molecule has 4 nitrogen and oxygen atoms in total. The Balaban J connectivity index is 2.30. The van der Waals surface area contributed by atoms with Crippen molar-refractivity contribution in [1.82, 2.24) is 10.6 Å². The summed E-state index contributed by atoms with van der Waals surface area (Å²) in [4.78, 5) is 11.8. The molecule has 16 heavy (non-hydrogen) atoms. The van der Waals surface area contributed by atoms with E-state index in [0.29, 0.717) is 26.2 Å². The first kappa shape index (κ1) is 13.0. The lowest BCUT2D eigenvalue weighted by Gasteiger charge is -2.17. The Labute approximate surface area is 97.1 Å². The highest BCUT2D eigenvalue weighted by Gasteiger charge is 2.32. The van der Waals surface area contributed by atoms with Crippen LogP contribution in [-0.2, 0) is 9.53 Å². The van der Waals surface area contributed by atoms with Gasteiger partial charge in [0, 0.05) is 19.0 Å². The number of amides is 1. The van der Waals surface area contributed by atoms with Crippen LogP contribution in [0, 0.1) is 17.8 Å². The summed E-state index contributed by atoms with van der Waals surface area (Å²) in [6.07, 6.45) is 0.710. The van der Waals surface area contributed by atoms with Crippen LogP contribution in [0.5, 0.6) is 0 Å². The number of rotatable bonds is 5. The van der Waals surface area contributed by atoms with Gasteiger partial charge >= 0.3 is 0 Å². The molecular weight excluding hydrogens is 204 g/mol. The van der Waals surface area contributed by atoms with E-state index in [1.54, 1.807) is 6.92 Å². The first-order chi connectivity index (χ1) is 7.79. The molecule has 1 heterocycles. The van der Waals surface area contributed by atoms with Gasteiger partial charge in [0.2, 0.25) is 5.91 Å². The number of carbonyl (C=O) groups excluding carboxylic acids is 1. The SMILES string of the molecule is CC#CCCNC(=O)C1COCC1NCC. The molecule has 1 rings (SSSR count). The van der Waals surface area contributed by atoms with Gasteiger partial charge in [-0.3, -0.25) is 4.79 Å². The largest absolute Gasteiger partial charge is 0.379 e. The molecule has 1 aliphatic heterocycles. The Morgan fingerprint density at radius 3 is 3.00 bits per heavy atom. The van der Waals surface area contributed by atoms with E-state index in [9.17, 15) is 4.79 Å². The number of likely N-dealkylation sites (N-methyl/N-ethyl adjacent to an activating group) is 1. The van der Waals surface area contributed by atoms with Crippen molar-refractivity contribution in [3.05, 3.63) is 0 Å². The van der Waals surface area contributed by atoms with Crippen molar-refractivity contribution in [2.24, 2.45) is 5.92 Å². The summed E-state index contributed by atoms with van der Waals surface area (Å²) in [5, 5.41) is 6.15. The fourth-order valence-corrected chi connectivity index (χ4v) is 1.78. The van der Waals surface area contributed by atoms with Crippen LogP contribution in [0.15, 0.2) is 0 Å². The van der Waals surface area contributed by atoms with E-state index < -0.39 is 0 Å². The fourth-order valence-electron chi connectivity index (χ4n) is 1.78. The van der Waals surface area contributed by atoms with E-state index in [4.69, 9.17) is 4.74 Å². The minimum Gasteiger partial charge on any atom is -0.379 e. The van der Waals surface area contributed by atoms with Gasteiger partial charge in [0.05, 0.1) is 19.1 Å². The van der Waals surface area contributed by atoms with Crippen LogP contribution in [0.1, 0.15) is 20.3 Å². The zero-order valence-electron chi connectivity index (χ0n) is 10.0. The van der Waals surface area contributed by atoms with Gasteiger partial charge in [-0.15, -0.1) is 11.8 Å². The summed E-state index contributed by atoms with van der Waals surface area (Å²) >= 11 is 0. The smallest absolute Gasteiger partial charge is 0.227 e. The lowest BCUT2D eigenvalue weighted by molar-refractivity contribution is -0.125. The van der Waals surface area contributed by atoms with Crippen LogP contribution in [0.2, 0.25) is 0 Å². The summed E-state index contributed by atoms with van der Waals surface area (Å²) in [6, 6.07) is 0.155. The molecule has 1 fully saturated rings. The van der Waals surface area contributed by atoms with E-state index in [0.717, 1.165) is 6.54 Å². The fraction of sp³-hybridized carbons (Fsp3) is 0.750. The second kappa shape index (κ2) is 7.26. The first-order valence-corrected chi connectivity index (χ1v) is 5.78. The van der Waals surface area contributed by atoms with Gasteiger partial charge in [0.25, 0.3) is 0 Å². The van der Waals surface area contributed by atoms with Gasteiger partial charge < -0.3 is 15.4 Å². The van der Waals surface area contributed by atoms with Gasteiger partial charge in [-0.05, 0) is 13.5 Å². The predicted octanol–water partition coefficient (Wildman–Crippen LogP) is 0.141. The van der Waals surface area contributed by atoms with Crippen molar-refractivity contribution in [2.45, 2.75) is 26.3 Å². The first-order valence-electron chi connectivity index (χ1n) is 5.78. The maximum absolute atomic E-state index is 11.8. The molecule has 2 atom stereocenters. The molecule has 1 aliphatic rings. The third kappa shape index (κ3) is 3.84. The molecule has 0 bridgehead atoms. The van der Waals surface area contributed by atoms with Crippen molar-refractivity contribution < 1.29 is 9.53 Å². The molecule has 90 valence electrons. The van der Waals surface area contributed by atoms with Crippen LogP contribution in [0.3, 0.4) is 0 Å². The van der Waals surface area contributed by atoms with Crippen molar-refractivity contribution >= 4 is 5.91 Å². The highest BCUT2D eigenvalue weighted by atomic mass is 16.5. The number of hydrogen-bond donors (Lipinski definition) is 2. The minimum atomic E-state index is -0.0606. The minimum absolute atomic E-state index is 0.0606. The number of nitrogens with one attached hydrogen (secondary N) is 2. The van der Waals surface area contributed by atoms with Gasteiger partial charge in [-0.2, -0.15) is 0 Å². The number of hydrogen-bond acceptors (Lipinski definition) is 3. The zero-order valence-corrected chi connectivity index (χ0v) is 10.0. The molecule has 4 heteroatoms. The van der Waals surface area contributed by atoms with E-state index >= 15 is 0 Å². The molecule has 2 N–H and O–H groups in total. The Hall–Kier alpha value is -1.05. The molecule has 0 radical (unpaired) electrons. The summed E-state index contributed by atoms with van der Waals surface area (Å²) in [5.41, 5.74) is 0. The third-order valence-electron chi connectivity index (χ3n) is 2.61. The van der Waals surface area contributed by atoms with Crippen molar-refractivity contribution in [3.8, 4) is 11.8 Å². The summed E-state index contributed by atoms with van der Waals surface area (Å²) < 4.78 is 5.32. The molecule has 1 amide bonds. The second-order valence-corrected chi connectivity index (χ2v) is 3.78. The lowest BCUT2D eigenvalue weighted by atomic mass is 10.0. The van der Waals surface area contributed by atoms with E-state index in [1.807, 2.05) is 6.92 Å². The molecule has 2 unspecified atom stereocenters. The van der Waals surface area contributed by atoms with Gasteiger partial charge in [-0.25, -0.2) is 0 Å². The molecule has 0 saturated carbocycles. The summed E-state index contributed by atoms with van der Waals surface area (Å²) in [5.74, 6) is 5.73. The highest BCUT2D eigenvalue weighted by Crippen LogP contribution is 2.13. The Kier molecular flexibility index (Phi) is 5.91. The average Bonchev–Trinajstić information content (AvgIpc) is 2.73. The normalized spacial score (nSPS) is 23.6. The number of carbonyl (C=O) groups is 1. The third-order valence-corrected chi connectivity index (χ3v) is 2.61. The van der Waals surface area contributed by atoms with Crippen molar-refractivity contribution in [1.29, 1.82) is 0 Å². The Morgan fingerprint density at radius 1 is 1.50 bits per heavy atom. The molecular formula is C12H20N2O2. The monoisotopic (exact) mass is 224 g/mol. The molecule has 0 aliphatic carbocycles. The molecule has 1 saturated heterocycles. The average molecular weight is 224 g/mol. The van der Waals surface area contributed by atoms with E-state index in [1.165, 1.54) is 0 Å².